The summed E-state index contributed by atoms with van der Waals surface area (Å²) < 4.78 is 21.9. The van der Waals surface area contributed by atoms with Crippen LogP contribution in [0.15, 0.2) is 41.9 Å². The van der Waals surface area contributed by atoms with Crippen molar-refractivity contribution in [2.75, 3.05) is 12.0 Å². The van der Waals surface area contributed by atoms with Crippen molar-refractivity contribution >= 4 is 23.6 Å². The molecule has 3 heterocycles. The van der Waals surface area contributed by atoms with E-state index in [1.54, 1.807) is 12.4 Å². The summed E-state index contributed by atoms with van der Waals surface area (Å²) in [7, 11) is 1.42. The Morgan fingerprint density at radius 2 is 1.94 bits per heavy atom. The first kappa shape index (κ1) is 21.3. The van der Waals surface area contributed by atoms with E-state index in [-0.39, 0.29) is 18.2 Å². The van der Waals surface area contributed by atoms with Gasteiger partial charge in [-0.2, -0.15) is 0 Å². The summed E-state index contributed by atoms with van der Waals surface area (Å²) >= 11 is 6.27. The van der Waals surface area contributed by atoms with Gasteiger partial charge in [0, 0.05) is 52.4 Å². The van der Waals surface area contributed by atoms with Crippen LogP contribution in [0.1, 0.15) is 48.4 Å². The van der Waals surface area contributed by atoms with Gasteiger partial charge in [0.2, 0.25) is 0 Å². The number of aliphatic imine (C=N–C) groups is 1. The Kier molecular flexibility index (Phi) is 5.93. The number of hydrogen-bond donors (Lipinski definition) is 1. The normalized spacial score (nSPS) is 15.5. The zero-order valence-corrected chi connectivity index (χ0v) is 18.3. The summed E-state index contributed by atoms with van der Waals surface area (Å²) in [6, 6.07) is 3.13. The van der Waals surface area contributed by atoms with Crippen LogP contribution < -0.4 is 15.4 Å². The number of halogens is 2. The number of benzene rings is 1. The smallest absolute Gasteiger partial charge is 0.171 e. The molecule has 31 heavy (non-hydrogen) atoms. The van der Waals surface area contributed by atoms with Crippen molar-refractivity contribution in [1.82, 2.24) is 14.5 Å². The average Bonchev–Trinajstić information content (AvgIpc) is 3.18. The molecule has 9 heteroatoms. The standard InChI is InChI=1S/C22H24ClFN6O/c1-13(2)22-26-6-14(7-27-22)8-29-9-16-18(11-29)30(12-28-21(16)25)10-15-17(23)4-5-19(31-3)20(15)24/h4-7,9,11-13,21H,8,10,25H2,1-3H3. The van der Waals surface area contributed by atoms with Crippen molar-refractivity contribution in [3.63, 3.8) is 0 Å². The molecule has 0 saturated heterocycles. The number of hydrogen-bond acceptors (Lipinski definition) is 6. The maximum Gasteiger partial charge on any atom is 0.171 e. The van der Waals surface area contributed by atoms with Crippen LogP contribution in [0.5, 0.6) is 5.75 Å². The Morgan fingerprint density at radius 3 is 2.61 bits per heavy atom. The highest BCUT2D eigenvalue weighted by atomic mass is 35.5. The summed E-state index contributed by atoms with van der Waals surface area (Å²) in [5, 5.41) is 0.324. The third-order valence-electron chi connectivity index (χ3n) is 5.19. The number of ether oxygens (including phenoxy) is 1. The zero-order valence-electron chi connectivity index (χ0n) is 17.6. The molecule has 1 aromatic carbocycles. The van der Waals surface area contributed by atoms with Crippen LogP contribution in [-0.4, -0.2) is 28.0 Å². The molecule has 1 atom stereocenters. The third-order valence-corrected chi connectivity index (χ3v) is 5.54. The predicted octanol–water partition coefficient (Wildman–Crippen LogP) is 4.26. The van der Waals surface area contributed by atoms with Gasteiger partial charge in [-0.25, -0.2) is 14.4 Å². The largest absolute Gasteiger partial charge is 0.494 e. The predicted molar refractivity (Wildman–Crippen MR) is 119 cm³/mol. The topological polar surface area (TPSA) is 81.6 Å². The summed E-state index contributed by atoms with van der Waals surface area (Å²) in [6.45, 7) is 4.90. The van der Waals surface area contributed by atoms with E-state index in [9.17, 15) is 4.39 Å². The number of rotatable bonds is 6. The molecule has 3 aromatic rings. The molecule has 1 unspecified atom stereocenters. The van der Waals surface area contributed by atoms with Crippen LogP contribution in [0.3, 0.4) is 0 Å². The van der Waals surface area contributed by atoms with Crippen LogP contribution in [-0.2, 0) is 13.1 Å². The summed E-state index contributed by atoms with van der Waals surface area (Å²) in [5.74, 6) is 0.754. The third kappa shape index (κ3) is 4.26. The fourth-order valence-corrected chi connectivity index (χ4v) is 3.70. The number of nitrogens with two attached hydrogens (primary N) is 1. The molecule has 0 spiro atoms. The molecule has 0 saturated carbocycles. The first-order valence-corrected chi connectivity index (χ1v) is 10.3. The van der Waals surface area contributed by atoms with E-state index in [1.165, 1.54) is 13.2 Å². The van der Waals surface area contributed by atoms with E-state index < -0.39 is 12.0 Å². The second kappa shape index (κ2) is 8.64. The summed E-state index contributed by atoms with van der Waals surface area (Å²) in [5.41, 5.74) is 9.19. The molecule has 0 fully saturated rings. The van der Waals surface area contributed by atoms with E-state index in [0.29, 0.717) is 17.1 Å². The lowest BCUT2D eigenvalue weighted by molar-refractivity contribution is 0.384. The van der Waals surface area contributed by atoms with Crippen molar-refractivity contribution in [2.24, 2.45) is 10.7 Å². The minimum absolute atomic E-state index is 0.146. The monoisotopic (exact) mass is 442 g/mol. The highest BCUT2D eigenvalue weighted by Gasteiger charge is 2.24. The van der Waals surface area contributed by atoms with Gasteiger partial charge in [0.05, 0.1) is 32.2 Å². The first-order chi connectivity index (χ1) is 14.9. The molecule has 162 valence electrons. The van der Waals surface area contributed by atoms with E-state index >= 15 is 0 Å². The van der Waals surface area contributed by atoms with Crippen molar-refractivity contribution < 1.29 is 9.13 Å². The second-order valence-electron chi connectivity index (χ2n) is 7.75. The highest BCUT2D eigenvalue weighted by Crippen LogP contribution is 2.34. The molecule has 2 aromatic heterocycles. The van der Waals surface area contributed by atoms with Crippen LogP contribution in [0.25, 0.3) is 0 Å². The van der Waals surface area contributed by atoms with E-state index in [1.807, 2.05) is 34.3 Å². The van der Waals surface area contributed by atoms with Crippen molar-refractivity contribution in [3.05, 3.63) is 70.3 Å². The van der Waals surface area contributed by atoms with Gasteiger partial charge in [0.15, 0.2) is 11.6 Å². The van der Waals surface area contributed by atoms with Crippen LogP contribution in [0, 0.1) is 5.82 Å². The van der Waals surface area contributed by atoms with Crippen molar-refractivity contribution in [2.45, 2.75) is 39.0 Å². The number of anilines is 1. The Morgan fingerprint density at radius 1 is 1.19 bits per heavy atom. The fraction of sp³-hybridized carbons (Fsp3) is 0.318. The Hall–Kier alpha value is -2.97. The molecular formula is C22H24ClFN6O. The minimum atomic E-state index is -0.488. The fourth-order valence-electron chi connectivity index (χ4n) is 3.50. The van der Waals surface area contributed by atoms with Gasteiger partial charge in [-0.3, -0.25) is 4.99 Å². The zero-order chi connectivity index (χ0) is 22.1. The number of aromatic nitrogens is 3. The molecule has 0 radical (unpaired) electrons. The highest BCUT2D eigenvalue weighted by molar-refractivity contribution is 6.31. The molecule has 1 aliphatic heterocycles. The lowest BCUT2D eigenvalue weighted by Gasteiger charge is -2.26. The second-order valence-corrected chi connectivity index (χ2v) is 8.16. The quantitative estimate of drug-likeness (QED) is 0.617. The average molecular weight is 443 g/mol. The van der Waals surface area contributed by atoms with Crippen LogP contribution >= 0.6 is 11.6 Å². The van der Waals surface area contributed by atoms with Gasteiger partial charge < -0.3 is 19.9 Å². The Bertz CT molecular complexity index is 1110. The van der Waals surface area contributed by atoms with Gasteiger partial charge >= 0.3 is 0 Å². The molecule has 4 rings (SSSR count). The summed E-state index contributed by atoms with van der Waals surface area (Å²) in [4.78, 5) is 15.0. The van der Waals surface area contributed by atoms with Gasteiger partial charge in [0.1, 0.15) is 12.0 Å². The maximum absolute atomic E-state index is 14.8. The Labute approximate surface area is 185 Å². The minimum Gasteiger partial charge on any atom is -0.494 e. The van der Waals surface area contributed by atoms with Crippen molar-refractivity contribution in [1.29, 1.82) is 0 Å². The molecule has 1 aliphatic rings. The Balaban J connectivity index is 1.61. The van der Waals surface area contributed by atoms with E-state index in [4.69, 9.17) is 22.1 Å². The SMILES string of the molecule is COc1ccc(Cl)c(CN2C=NC(N)c3cn(Cc4cnc(C(C)C)nc4)cc32)c1F. The van der Waals surface area contributed by atoms with Gasteiger partial charge in [-0.05, 0) is 12.1 Å². The molecule has 0 aliphatic carbocycles. The summed E-state index contributed by atoms with van der Waals surface area (Å²) in [6.07, 6.45) is 8.71. The van der Waals surface area contributed by atoms with Gasteiger partial charge in [-0.1, -0.05) is 25.4 Å². The molecule has 2 N–H and O–H groups in total. The van der Waals surface area contributed by atoms with Crippen LogP contribution in [0.2, 0.25) is 5.02 Å². The van der Waals surface area contributed by atoms with E-state index in [0.717, 1.165) is 22.6 Å². The molecule has 7 nitrogen and oxygen atoms in total. The number of fused-ring (bicyclic) bond motifs is 1. The lowest BCUT2D eigenvalue weighted by atomic mass is 10.1. The van der Waals surface area contributed by atoms with Crippen molar-refractivity contribution in [3.8, 4) is 5.75 Å². The van der Waals surface area contributed by atoms with Gasteiger partial charge in [0.25, 0.3) is 0 Å². The maximum atomic E-state index is 14.8. The van der Waals surface area contributed by atoms with Gasteiger partial charge in [-0.15, -0.1) is 0 Å². The lowest BCUT2D eigenvalue weighted by Crippen LogP contribution is -2.28. The van der Waals surface area contributed by atoms with E-state index in [2.05, 4.69) is 28.8 Å². The molecular weight excluding hydrogens is 419 g/mol. The first-order valence-electron chi connectivity index (χ1n) is 9.94. The molecule has 0 bridgehead atoms. The number of methoxy groups -OCH3 is 1. The number of nitrogens with zero attached hydrogens (tertiary/aromatic N) is 5. The van der Waals surface area contributed by atoms with Crippen LogP contribution in [0.4, 0.5) is 10.1 Å². The molecule has 0 amide bonds.